The van der Waals surface area contributed by atoms with Crippen LogP contribution in [0.25, 0.3) is 0 Å². The predicted octanol–water partition coefficient (Wildman–Crippen LogP) is 3.60. The molecule has 1 aliphatic rings. The van der Waals surface area contributed by atoms with E-state index >= 15 is 0 Å². The lowest BCUT2D eigenvalue weighted by Gasteiger charge is -2.17. The van der Waals surface area contributed by atoms with Crippen LogP contribution in [0, 0.1) is 0 Å². The van der Waals surface area contributed by atoms with Crippen LogP contribution in [-0.2, 0) is 6.42 Å². The van der Waals surface area contributed by atoms with E-state index in [1.54, 1.807) is 11.0 Å². The summed E-state index contributed by atoms with van der Waals surface area (Å²) >= 11 is 0. The maximum atomic E-state index is 13.0. The van der Waals surface area contributed by atoms with Crippen LogP contribution in [0.15, 0.2) is 67.0 Å². The summed E-state index contributed by atoms with van der Waals surface area (Å²) in [4.78, 5) is 33.5. The minimum absolute atomic E-state index is 0.146. The van der Waals surface area contributed by atoms with Crippen molar-refractivity contribution in [3.63, 3.8) is 0 Å². The van der Waals surface area contributed by atoms with Crippen molar-refractivity contribution in [3.8, 4) is 0 Å². The number of para-hydroxylation sites is 1. The zero-order chi connectivity index (χ0) is 20.4. The third-order valence-electron chi connectivity index (χ3n) is 5.02. The Morgan fingerprint density at radius 2 is 1.72 bits per heavy atom. The molecule has 4 rings (SSSR count). The third-order valence-corrected chi connectivity index (χ3v) is 5.02. The van der Waals surface area contributed by atoms with Gasteiger partial charge in [-0.15, -0.1) is 0 Å². The normalized spacial score (nSPS) is 12.4. The Balaban J connectivity index is 1.51. The molecule has 2 aromatic carbocycles. The van der Waals surface area contributed by atoms with E-state index in [0.717, 1.165) is 23.4 Å². The fourth-order valence-electron chi connectivity index (χ4n) is 3.43. The summed E-state index contributed by atoms with van der Waals surface area (Å²) in [5.41, 5.74) is 4.56. The summed E-state index contributed by atoms with van der Waals surface area (Å²) in [5.74, 6) is -0.445. The standard InChI is InChI=1S/C23H22N4O2/c1-26(2)20-9-7-19(8-10-20)25-22(28)17-13-18(15-24-14-17)23(29)27-12-11-16-5-3-4-6-21(16)27/h3-10,13-15H,11-12H2,1-2H3,(H,25,28). The first-order valence-electron chi connectivity index (χ1n) is 9.46. The Bertz CT molecular complexity index is 1060. The molecule has 1 aromatic heterocycles. The van der Waals surface area contributed by atoms with Gasteiger partial charge in [-0.05, 0) is 48.4 Å². The van der Waals surface area contributed by atoms with Gasteiger partial charge < -0.3 is 15.1 Å². The van der Waals surface area contributed by atoms with Crippen molar-refractivity contribution >= 4 is 28.9 Å². The topological polar surface area (TPSA) is 65.5 Å². The number of fused-ring (bicyclic) bond motifs is 1. The molecular formula is C23H22N4O2. The molecule has 0 spiro atoms. The summed E-state index contributed by atoms with van der Waals surface area (Å²) in [6, 6.07) is 17.0. The van der Waals surface area contributed by atoms with Gasteiger partial charge in [0.1, 0.15) is 0 Å². The number of rotatable bonds is 4. The Labute approximate surface area is 169 Å². The highest BCUT2D eigenvalue weighted by Crippen LogP contribution is 2.28. The van der Waals surface area contributed by atoms with Crippen molar-refractivity contribution in [2.24, 2.45) is 0 Å². The molecule has 0 radical (unpaired) electrons. The number of hydrogen-bond donors (Lipinski definition) is 1. The third kappa shape index (κ3) is 3.82. The summed E-state index contributed by atoms with van der Waals surface area (Å²) in [6.07, 6.45) is 3.81. The first-order valence-corrected chi connectivity index (χ1v) is 9.46. The van der Waals surface area contributed by atoms with Gasteiger partial charge in [0.25, 0.3) is 11.8 Å². The molecule has 6 heteroatoms. The van der Waals surface area contributed by atoms with Crippen molar-refractivity contribution in [3.05, 3.63) is 83.7 Å². The zero-order valence-electron chi connectivity index (χ0n) is 16.4. The molecule has 6 nitrogen and oxygen atoms in total. The molecule has 3 aromatic rings. The molecule has 0 saturated carbocycles. The molecule has 1 aliphatic heterocycles. The van der Waals surface area contributed by atoms with E-state index in [0.29, 0.717) is 23.4 Å². The largest absolute Gasteiger partial charge is 0.378 e. The van der Waals surface area contributed by atoms with Crippen LogP contribution >= 0.6 is 0 Å². The molecule has 29 heavy (non-hydrogen) atoms. The number of carbonyl (C=O) groups excluding carboxylic acids is 2. The van der Waals surface area contributed by atoms with Crippen LogP contribution in [0.2, 0.25) is 0 Å². The molecule has 2 amide bonds. The average Bonchev–Trinajstić information content (AvgIpc) is 3.18. The van der Waals surface area contributed by atoms with E-state index in [1.807, 2.05) is 67.5 Å². The van der Waals surface area contributed by atoms with Crippen molar-refractivity contribution in [1.29, 1.82) is 0 Å². The molecule has 0 fully saturated rings. The molecular weight excluding hydrogens is 364 g/mol. The summed E-state index contributed by atoms with van der Waals surface area (Å²) < 4.78 is 0. The number of hydrogen-bond acceptors (Lipinski definition) is 4. The van der Waals surface area contributed by atoms with Crippen LogP contribution in [0.4, 0.5) is 17.1 Å². The van der Waals surface area contributed by atoms with Crippen molar-refractivity contribution in [2.75, 3.05) is 35.8 Å². The summed E-state index contributed by atoms with van der Waals surface area (Å²) in [7, 11) is 3.92. The average molecular weight is 386 g/mol. The smallest absolute Gasteiger partial charge is 0.259 e. The van der Waals surface area contributed by atoms with Crippen molar-refractivity contribution in [1.82, 2.24) is 4.98 Å². The molecule has 0 saturated heterocycles. The van der Waals surface area contributed by atoms with Crippen LogP contribution < -0.4 is 15.1 Å². The highest BCUT2D eigenvalue weighted by atomic mass is 16.2. The fourth-order valence-corrected chi connectivity index (χ4v) is 3.43. The number of anilines is 3. The van der Waals surface area contributed by atoms with Gasteiger partial charge in [-0.25, -0.2) is 0 Å². The van der Waals surface area contributed by atoms with E-state index in [9.17, 15) is 9.59 Å². The van der Waals surface area contributed by atoms with Crippen LogP contribution in [0.5, 0.6) is 0 Å². The molecule has 0 unspecified atom stereocenters. The number of nitrogens with zero attached hydrogens (tertiary/aromatic N) is 3. The molecule has 0 bridgehead atoms. The van der Waals surface area contributed by atoms with Gasteiger partial charge in [0.05, 0.1) is 11.1 Å². The van der Waals surface area contributed by atoms with Crippen molar-refractivity contribution < 1.29 is 9.59 Å². The SMILES string of the molecule is CN(C)c1ccc(NC(=O)c2cncc(C(=O)N3CCc4ccccc43)c2)cc1. The first kappa shape index (κ1) is 18.7. The second kappa shape index (κ2) is 7.75. The maximum Gasteiger partial charge on any atom is 0.259 e. The Kier molecular flexibility index (Phi) is 4.99. The molecule has 2 heterocycles. The number of aromatic nitrogens is 1. The van der Waals surface area contributed by atoms with E-state index in [2.05, 4.69) is 10.3 Å². The van der Waals surface area contributed by atoms with Gasteiger partial charge in [0.2, 0.25) is 0 Å². The number of nitrogens with one attached hydrogen (secondary N) is 1. The number of carbonyl (C=O) groups is 2. The maximum absolute atomic E-state index is 13.0. The summed E-state index contributed by atoms with van der Waals surface area (Å²) in [6.45, 7) is 0.632. The summed E-state index contributed by atoms with van der Waals surface area (Å²) in [5, 5.41) is 2.85. The van der Waals surface area contributed by atoms with Crippen molar-refractivity contribution in [2.45, 2.75) is 6.42 Å². The Morgan fingerprint density at radius 1 is 1.00 bits per heavy atom. The van der Waals surface area contributed by atoms with Crippen LogP contribution in [0.1, 0.15) is 26.3 Å². The molecule has 0 aliphatic carbocycles. The quantitative estimate of drug-likeness (QED) is 0.744. The molecule has 0 atom stereocenters. The monoisotopic (exact) mass is 386 g/mol. The highest BCUT2D eigenvalue weighted by Gasteiger charge is 2.25. The molecule has 1 N–H and O–H groups in total. The van der Waals surface area contributed by atoms with E-state index < -0.39 is 0 Å². The highest BCUT2D eigenvalue weighted by molar-refractivity contribution is 6.10. The second-order valence-electron chi connectivity index (χ2n) is 7.19. The lowest BCUT2D eigenvalue weighted by atomic mass is 10.1. The van der Waals surface area contributed by atoms with E-state index in [4.69, 9.17) is 0 Å². The van der Waals surface area contributed by atoms with Gasteiger partial charge in [0, 0.05) is 50.1 Å². The zero-order valence-corrected chi connectivity index (χ0v) is 16.4. The van der Waals surface area contributed by atoms with Gasteiger partial charge in [-0.3, -0.25) is 14.6 Å². The number of pyridine rings is 1. The lowest BCUT2D eigenvalue weighted by molar-refractivity contribution is 0.0989. The Morgan fingerprint density at radius 3 is 2.48 bits per heavy atom. The van der Waals surface area contributed by atoms with Crippen LogP contribution in [-0.4, -0.2) is 37.4 Å². The van der Waals surface area contributed by atoms with Crippen LogP contribution in [0.3, 0.4) is 0 Å². The van der Waals surface area contributed by atoms with Gasteiger partial charge in [-0.2, -0.15) is 0 Å². The number of amides is 2. The van der Waals surface area contributed by atoms with E-state index in [-0.39, 0.29) is 11.8 Å². The van der Waals surface area contributed by atoms with Gasteiger partial charge >= 0.3 is 0 Å². The van der Waals surface area contributed by atoms with Gasteiger partial charge in [-0.1, -0.05) is 18.2 Å². The molecule has 146 valence electrons. The Hall–Kier alpha value is -3.67. The van der Waals surface area contributed by atoms with Gasteiger partial charge in [0.15, 0.2) is 0 Å². The lowest BCUT2D eigenvalue weighted by Crippen LogP contribution is -2.29. The van der Waals surface area contributed by atoms with E-state index in [1.165, 1.54) is 12.4 Å². The number of benzene rings is 2. The second-order valence-corrected chi connectivity index (χ2v) is 7.19. The predicted molar refractivity (Wildman–Crippen MR) is 115 cm³/mol. The minimum Gasteiger partial charge on any atom is -0.378 e. The fraction of sp³-hybridized carbons (Fsp3) is 0.174. The first-order chi connectivity index (χ1) is 14.0. The minimum atomic E-state index is -0.299.